The summed E-state index contributed by atoms with van der Waals surface area (Å²) in [6.45, 7) is 9.42. The van der Waals surface area contributed by atoms with E-state index in [2.05, 4.69) is 24.5 Å². The third-order valence-corrected chi connectivity index (χ3v) is 3.67. The Labute approximate surface area is 99.4 Å². The Bertz CT molecular complexity index is 228. The molecule has 0 aliphatic heterocycles. The fourth-order valence-electron chi connectivity index (χ4n) is 2.42. The number of carbonyl (C=O) groups excluding carboxylic acids is 1. The second-order valence-corrected chi connectivity index (χ2v) is 5.45. The van der Waals surface area contributed by atoms with Crippen molar-refractivity contribution in [3.05, 3.63) is 0 Å². The first-order valence-electron chi connectivity index (χ1n) is 6.53. The van der Waals surface area contributed by atoms with E-state index in [0.29, 0.717) is 12.5 Å². The van der Waals surface area contributed by atoms with Crippen LogP contribution >= 0.6 is 0 Å². The van der Waals surface area contributed by atoms with Crippen molar-refractivity contribution in [2.24, 2.45) is 11.8 Å². The Morgan fingerprint density at radius 1 is 1.31 bits per heavy atom. The molecule has 3 nitrogen and oxygen atoms in total. The Kier molecular flexibility index (Phi) is 5.26. The van der Waals surface area contributed by atoms with Crippen molar-refractivity contribution in [1.29, 1.82) is 0 Å². The van der Waals surface area contributed by atoms with Gasteiger partial charge in [0.15, 0.2) is 0 Å². The first-order valence-corrected chi connectivity index (χ1v) is 6.53. The van der Waals surface area contributed by atoms with Crippen molar-refractivity contribution in [1.82, 2.24) is 10.6 Å². The van der Waals surface area contributed by atoms with Gasteiger partial charge in [0.2, 0.25) is 5.91 Å². The predicted molar refractivity (Wildman–Crippen MR) is 67.2 cm³/mol. The quantitative estimate of drug-likeness (QED) is 0.752. The molecule has 94 valence electrons. The van der Waals surface area contributed by atoms with Gasteiger partial charge in [0.1, 0.15) is 0 Å². The Balaban J connectivity index is 2.14. The van der Waals surface area contributed by atoms with Gasteiger partial charge in [-0.2, -0.15) is 0 Å². The minimum atomic E-state index is 0.154. The summed E-state index contributed by atoms with van der Waals surface area (Å²) < 4.78 is 0. The standard InChI is InChI=1S/C13H26N2O/c1-9(2)15-13(16)7-8-14-12-6-5-10(3)11(12)4/h9-12,14H,5-8H2,1-4H3,(H,15,16). The molecular formula is C13H26N2O. The van der Waals surface area contributed by atoms with E-state index in [0.717, 1.165) is 18.4 Å². The van der Waals surface area contributed by atoms with Gasteiger partial charge in [-0.05, 0) is 38.5 Å². The van der Waals surface area contributed by atoms with Crippen LogP contribution in [-0.2, 0) is 4.79 Å². The molecule has 0 heterocycles. The minimum Gasteiger partial charge on any atom is -0.354 e. The lowest BCUT2D eigenvalue weighted by molar-refractivity contribution is -0.121. The lowest BCUT2D eigenvalue weighted by Gasteiger charge is -2.19. The molecule has 3 heteroatoms. The molecule has 2 N–H and O–H groups in total. The molecule has 1 fully saturated rings. The van der Waals surface area contributed by atoms with Crippen molar-refractivity contribution in [2.45, 2.75) is 59.0 Å². The molecule has 1 aliphatic carbocycles. The zero-order valence-electron chi connectivity index (χ0n) is 11.0. The van der Waals surface area contributed by atoms with Crippen LogP contribution in [0.5, 0.6) is 0 Å². The van der Waals surface area contributed by atoms with E-state index in [1.165, 1.54) is 12.8 Å². The zero-order chi connectivity index (χ0) is 12.1. The lowest BCUT2D eigenvalue weighted by atomic mass is 9.98. The average molecular weight is 226 g/mol. The maximum Gasteiger partial charge on any atom is 0.221 e. The Morgan fingerprint density at radius 3 is 2.50 bits per heavy atom. The molecule has 1 amide bonds. The van der Waals surface area contributed by atoms with Crippen molar-refractivity contribution in [3.63, 3.8) is 0 Å². The topological polar surface area (TPSA) is 41.1 Å². The van der Waals surface area contributed by atoms with Gasteiger partial charge >= 0.3 is 0 Å². The molecule has 3 unspecified atom stereocenters. The third kappa shape index (κ3) is 4.12. The van der Waals surface area contributed by atoms with Crippen molar-refractivity contribution in [3.8, 4) is 0 Å². The maximum absolute atomic E-state index is 11.4. The molecule has 0 aromatic heterocycles. The number of hydrogen-bond donors (Lipinski definition) is 2. The third-order valence-electron chi connectivity index (χ3n) is 3.67. The van der Waals surface area contributed by atoms with E-state index >= 15 is 0 Å². The Morgan fingerprint density at radius 2 is 2.00 bits per heavy atom. The monoisotopic (exact) mass is 226 g/mol. The van der Waals surface area contributed by atoms with Crippen LogP contribution in [0.15, 0.2) is 0 Å². The molecule has 3 atom stereocenters. The maximum atomic E-state index is 11.4. The first kappa shape index (κ1) is 13.5. The van der Waals surface area contributed by atoms with Crippen molar-refractivity contribution >= 4 is 5.91 Å². The van der Waals surface area contributed by atoms with Crippen LogP contribution in [0, 0.1) is 11.8 Å². The summed E-state index contributed by atoms with van der Waals surface area (Å²) in [5.74, 6) is 1.72. The fraction of sp³-hybridized carbons (Fsp3) is 0.923. The van der Waals surface area contributed by atoms with Gasteiger partial charge < -0.3 is 10.6 Å². The highest BCUT2D eigenvalue weighted by molar-refractivity contribution is 5.76. The van der Waals surface area contributed by atoms with Gasteiger partial charge in [0.05, 0.1) is 0 Å². The van der Waals surface area contributed by atoms with Crippen LogP contribution < -0.4 is 10.6 Å². The normalized spacial score (nSPS) is 29.7. The number of nitrogens with one attached hydrogen (secondary N) is 2. The molecule has 0 aromatic rings. The number of amides is 1. The van der Waals surface area contributed by atoms with Crippen LogP contribution in [0.4, 0.5) is 0 Å². The molecular weight excluding hydrogens is 200 g/mol. The predicted octanol–water partition coefficient (Wildman–Crippen LogP) is 1.93. The first-order chi connectivity index (χ1) is 7.50. The smallest absolute Gasteiger partial charge is 0.221 e. The second kappa shape index (κ2) is 6.24. The fourth-order valence-corrected chi connectivity index (χ4v) is 2.42. The summed E-state index contributed by atoms with van der Waals surface area (Å²) in [5.41, 5.74) is 0. The minimum absolute atomic E-state index is 0.154. The summed E-state index contributed by atoms with van der Waals surface area (Å²) in [4.78, 5) is 11.4. The zero-order valence-corrected chi connectivity index (χ0v) is 11.0. The van der Waals surface area contributed by atoms with Gasteiger partial charge in [-0.1, -0.05) is 13.8 Å². The summed E-state index contributed by atoms with van der Waals surface area (Å²) in [5, 5.41) is 6.41. The Hall–Kier alpha value is -0.570. The SMILES string of the molecule is CC(C)NC(=O)CCNC1CCC(C)C1C. The van der Waals surface area contributed by atoms with Gasteiger partial charge in [-0.25, -0.2) is 0 Å². The van der Waals surface area contributed by atoms with E-state index < -0.39 is 0 Å². The van der Waals surface area contributed by atoms with Crippen molar-refractivity contribution in [2.75, 3.05) is 6.54 Å². The molecule has 0 bridgehead atoms. The van der Waals surface area contributed by atoms with Crippen LogP contribution in [0.3, 0.4) is 0 Å². The molecule has 1 rings (SSSR count). The highest BCUT2D eigenvalue weighted by Crippen LogP contribution is 2.30. The van der Waals surface area contributed by atoms with Crippen molar-refractivity contribution < 1.29 is 4.79 Å². The van der Waals surface area contributed by atoms with E-state index in [1.807, 2.05) is 13.8 Å². The van der Waals surface area contributed by atoms with E-state index in [4.69, 9.17) is 0 Å². The van der Waals surface area contributed by atoms with Crippen LogP contribution in [0.2, 0.25) is 0 Å². The largest absolute Gasteiger partial charge is 0.354 e. The number of rotatable bonds is 5. The summed E-state index contributed by atoms with van der Waals surface area (Å²) in [7, 11) is 0. The number of hydrogen-bond acceptors (Lipinski definition) is 2. The molecule has 1 aliphatic rings. The lowest BCUT2D eigenvalue weighted by Crippen LogP contribution is -2.37. The van der Waals surface area contributed by atoms with Crippen LogP contribution in [0.25, 0.3) is 0 Å². The molecule has 0 spiro atoms. The molecule has 0 radical (unpaired) electrons. The molecule has 0 saturated heterocycles. The van der Waals surface area contributed by atoms with Gasteiger partial charge in [-0.3, -0.25) is 4.79 Å². The van der Waals surface area contributed by atoms with Gasteiger partial charge in [-0.15, -0.1) is 0 Å². The van der Waals surface area contributed by atoms with E-state index in [9.17, 15) is 4.79 Å². The molecule has 0 aromatic carbocycles. The molecule has 16 heavy (non-hydrogen) atoms. The van der Waals surface area contributed by atoms with Crippen LogP contribution in [0.1, 0.15) is 47.0 Å². The molecule has 1 saturated carbocycles. The van der Waals surface area contributed by atoms with E-state index in [1.54, 1.807) is 0 Å². The summed E-state index contributed by atoms with van der Waals surface area (Å²) >= 11 is 0. The van der Waals surface area contributed by atoms with Gasteiger partial charge in [0.25, 0.3) is 0 Å². The van der Waals surface area contributed by atoms with E-state index in [-0.39, 0.29) is 11.9 Å². The van der Waals surface area contributed by atoms with Gasteiger partial charge in [0, 0.05) is 25.0 Å². The van der Waals surface area contributed by atoms with Crippen LogP contribution in [-0.4, -0.2) is 24.5 Å². The second-order valence-electron chi connectivity index (χ2n) is 5.45. The average Bonchev–Trinajstić information content (AvgIpc) is 2.48. The summed E-state index contributed by atoms with van der Waals surface area (Å²) in [6.07, 6.45) is 3.17. The number of carbonyl (C=O) groups is 1. The highest BCUT2D eigenvalue weighted by Gasteiger charge is 2.28. The summed E-state index contributed by atoms with van der Waals surface area (Å²) in [6, 6.07) is 0.861. The highest BCUT2D eigenvalue weighted by atomic mass is 16.1.